The highest BCUT2D eigenvalue weighted by molar-refractivity contribution is 6.28. The third kappa shape index (κ3) is 2.79. The molecule has 6 nitrogen and oxygen atoms in total. The van der Waals surface area contributed by atoms with Gasteiger partial charge in [-0.05, 0) is 18.5 Å². The van der Waals surface area contributed by atoms with Crippen LogP contribution in [0.5, 0.6) is 0 Å². The largest absolute Gasteiger partial charge is 0.383 e. The molecule has 0 radical (unpaired) electrons. The summed E-state index contributed by atoms with van der Waals surface area (Å²) in [7, 11) is 3.38. The van der Waals surface area contributed by atoms with Crippen LogP contribution in [0.2, 0.25) is 5.28 Å². The van der Waals surface area contributed by atoms with Gasteiger partial charge >= 0.3 is 0 Å². The van der Waals surface area contributed by atoms with Crippen LogP contribution in [-0.2, 0) is 9.53 Å². The van der Waals surface area contributed by atoms with Crippen LogP contribution in [0.3, 0.4) is 0 Å². The second-order valence-electron chi connectivity index (χ2n) is 4.55. The van der Waals surface area contributed by atoms with Crippen LogP contribution in [0.25, 0.3) is 0 Å². The number of halogens is 1. The van der Waals surface area contributed by atoms with Crippen molar-refractivity contribution in [3.63, 3.8) is 0 Å². The summed E-state index contributed by atoms with van der Waals surface area (Å²) >= 11 is 5.88. The van der Waals surface area contributed by atoms with E-state index < -0.39 is 0 Å². The van der Waals surface area contributed by atoms with Gasteiger partial charge in [0.15, 0.2) is 5.82 Å². The summed E-state index contributed by atoms with van der Waals surface area (Å²) in [5.41, 5.74) is 0.676. The summed E-state index contributed by atoms with van der Waals surface area (Å²) < 4.78 is 5.18. The minimum atomic E-state index is 0.0410. The van der Waals surface area contributed by atoms with E-state index in [-0.39, 0.29) is 17.2 Å². The van der Waals surface area contributed by atoms with Crippen molar-refractivity contribution in [1.29, 1.82) is 0 Å². The molecular weight excluding hydrogens is 268 g/mol. The van der Waals surface area contributed by atoms with Crippen LogP contribution in [0, 0.1) is 0 Å². The van der Waals surface area contributed by atoms with Gasteiger partial charge in [0.25, 0.3) is 0 Å². The van der Waals surface area contributed by atoms with Crippen molar-refractivity contribution >= 4 is 29.0 Å². The Morgan fingerprint density at radius 3 is 3.00 bits per heavy atom. The lowest BCUT2D eigenvalue weighted by molar-refractivity contribution is -0.118. The molecule has 0 spiro atoms. The van der Waals surface area contributed by atoms with Crippen molar-refractivity contribution in [2.45, 2.75) is 19.4 Å². The topological polar surface area (TPSA) is 58.6 Å². The van der Waals surface area contributed by atoms with Crippen LogP contribution in [0.4, 0.5) is 11.5 Å². The average Bonchev–Trinajstić information content (AvgIpc) is 2.49. The normalized spacial score (nSPS) is 17.2. The Labute approximate surface area is 117 Å². The first-order valence-corrected chi connectivity index (χ1v) is 6.47. The van der Waals surface area contributed by atoms with Crippen molar-refractivity contribution in [3.8, 4) is 0 Å². The molecule has 0 saturated heterocycles. The molecule has 0 bridgehead atoms. The fourth-order valence-corrected chi connectivity index (χ4v) is 2.31. The number of ether oxygens (including phenoxy) is 1. The fourth-order valence-electron chi connectivity index (χ4n) is 2.18. The number of carbonyl (C=O) groups is 1. The SMILES string of the molecule is COCC(C)N1CCC(=O)N(C)c2cnc(Cl)nc21. The summed E-state index contributed by atoms with van der Waals surface area (Å²) in [4.78, 5) is 23.8. The maximum absolute atomic E-state index is 12.0. The van der Waals surface area contributed by atoms with Crippen molar-refractivity contribution < 1.29 is 9.53 Å². The number of methoxy groups -OCH3 is 1. The van der Waals surface area contributed by atoms with Crippen LogP contribution in [0.1, 0.15) is 13.3 Å². The second-order valence-corrected chi connectivity index (χ2v) is 4.89. The van der Waals surface area contributed by atoms with Crippen LogP contribution in [0.15, 0.2) is 6.20 Å². The molecule has 1 aliphatic heterocycles. The highest BCUT2D eigenvalue weighted by Gasteiger charge is 2.28. The minimum absolute atomic E-state index is 0.0410. The molecule has 1 aromatic heterocycles. The molecule has 0 N–H and O–H groups in total. The number of fused-ring (bicyclic) bond motifs is 1. The first-order valence-electron chi connectivity index (χ1n) is 6.09. The van der Waals surface area contributed by atoms with Gasteiger partial charge in [-0.3, -0.25) is 4.79 Å². The Morgan fingerprint density at radius 1 is 1.58 bits per heavy atom. The summed E-state index contributed by atoms with van der Waals surface area (Å²) in [6, 6.07) is 0.106. The average molecular weight is 285 g/mol. The van der Waals surface area contributed by atoms with Gasteiger partial charge in [-0.2, -0.15) is 4.98 Å². The van der Waals surface area contributed by atoms with Gasteiger partial charge in [-0.15, -0.1) is 0 Å². The summed E-state index contributed by atoms with van der Waals surface area (Å²) in [5, 5.41) is 0.177. The zero-order chi connectivity index (χ0) is 14.0. The minimum Gasteiger partial charge on any atom is -0.383 e. The summed E-state index contributed by atoms with van der Waals surface area (Å²) in [6.07, 6.45) is 2.01. The van der Waals surface area contributed by atoms with E-state index in [1.807, 2.05) is 11.8 Å². The van der Waals surface area contributed by atoms with E-state index in [1.54, 1.807) is 25.3 Å². The zero-order valence-corrected chi connectivity index (χ0v) is 12.0. The van der Waals surface area contributed by atoms with E-state index >= 15 is 0 Å². The molecule has 2 rings (SSSR count). The molecule has 0 aromatic carbocycles. The highest BCUT2D eigenvalue weighted by atomic mass is 35.5. The standard InChI is InChI=1S/C12H17ClN4O2/c1-8(7-19-3)17-5-4-10(18)16(2)9-6-14-12(13)15-11(9)17/h6,8H,4-5,7H2,1-3H3. The zero-order valence-electron chi connectivity index (χ0n) is 11.3. The van der Waals surface area contributed by atoms with Gasteiger partial charge in [0.05, 0.1) is 18.8 Å². The van der Waals surface area contributed by atoms with E-state index in [0.29, 0.717) is 31.1 Å². The molecule has 1 aromatic rings. The fraction of sp³-hybridized carbons (Fsp3) is 0.583. The van der Waals surface area contributed by atoms with Crippen molar-refractivity contribution in [1.82, 2.24) is 9.97 Å². The molecule has 2 heterocycles. The number of rotatable bonds is 3. The molecule has 7 heteroatoms. The highest BCUT2D eigenvalue weighted by Crippen LogP contribution is 2.31. The Morgan fingerprint density at radius 2 is 2.32 bits per heavy atom. The predicted molar refractivity (Wildman–Crippen MR) is 73.8 cm³/mol. The Balaban J connectivity index is 2.45. The lowest BCUT2D eigenvalue weighted by atomic mass is 10.2. The molecule has 19 heavy (non-hydrogen) atoms. The van der Waals surface area contributed by atoms with Gasteiger partial charge in [0.1, 0.15) is 5.69 Å². The van der Waals surface area contributed by atoms with Crippen molar-refractivity contribution in [3.05, 3.63) is 11.5 Å². The number of hydrogen-bond donors (Lipinski definition) is 0. The molecule has 0 saturated carbocycles. The van der Waals surface area contributed by atoms with E-state index in [4.69, 9.17) is 16.3 Å². The number of aromatic nitrogens is 2. The summed E-state index contributed by atoms with van der Waals surface area (Å²) in [5.74, 6) is 0.720. The predicted octanol–water partition coefficient (Wildman–Crippen LogP) is 1.34. The van der Waals surface area contributed by atoms with Gasteiger partial charge in [0, 0.05) is 27.1 Å². The number of hydrogen-bond acceptors (Lipinski definition) is 5. The lowest BCUT2D eigenvalue weighted by Crippen LogP contribution is -2.37. The molecule has 0 fully saturated rings. The van der Waals surface area contributed by atoms with Crippen molar-refractivity contribution in [2.75, 3.05) is 37.1 Å². The monoisotopic (exact) mass is 284 g/mol. The van der Waals surface area contributed by atoms with Crippen molar-refractivity contribution in [2.24, 2.45) is 0 Å². The lowest BCUT2D eigenvalue weighted by Gasteiger charge is -2.29. The maximum atomic E-state index is 12.0. The molecule has 0 aliphatic carbocycles. The Kier molecular flexibility index (Phi) is 4.21. The molecule has 1 atom stereocenters. The van der Waals surface area contributed by atoms with Gasteiger partial charge in [-0.1, -0.05) is 0 Å². The van der Waals surface area contributed by atoms with E-state index in [2.05, 4.69) is 9.97 Å². The number of carbonyl (C=O) groups excluding carboxylic acids is 1. The first-order chi connectivity index (χ1) is 9.04. The number of nitrogens with zero attached hydrogens (tertiary/aromatic N) is 4. The molecule has 1 unspecified atom stereocenters. The van der Waals surface area contributed by atoms with Crippen LogP contribution >= 0.6 is 11.6 Å². The van der Waals surface area contributed by atoms with E-state index in [9.17, 15) is 4.79 Å². The Bertz CT molecular complexity index is 483. The smallest absolute Gasteiger partial charge is 0.228 e. The molecule has 1 amide bonds. The third-order valence-corrected chi connectivity index (χ3v) is 3.42. The van der Waals surface area contributed by atoms with Crippen LogP contribution < -0.4 is 9.80 Å². The first kappa shape index (κ1) is 14.0. The number of amides is 1. The van der Waals surface area contributed by atoms with Gasteiger partial charge in [-0.25, -0.2) is 4.98 Å². The van der Waals surface area contributed by atoms with E-state index in [0.717, 1.165) is 0 Å². The van der Waals surface area contributed by atoms with Gasteiger partial charge in [0.2, 0.25) is 11.2 Å². The summed E-state index contributed by atoms with van der Waals surface area (Å²) in [6.45, 7) is 3.17. The molecule has 1 aliphatic rings. The van der Waals surface area contributed by atoms with Crippen LogP contribution in [-0.4, -0.2) is 49.2 Å². The van der Waals surface area contributed by atoms with Gasteiger partial charge < -0.3 is 14.5 Å². The molecule has 104 valence electrons. The third-order valence-electron chi connectivity index (χ3n) is 3.23. The van der Waals surface area contributed by atoms with E-state index in [1.165, 1.54) is 0 Å². The maximum Gasteiger partial charge on any atom is 0.228 e. The Hall–Kier alpha value is -1.40. The number of anilines is 2. The second kappa shape index (κ2) is 5.71. The quantitative estimate of drug-likeness (QED) is 0.784. The molecular formula is C12H17ClN4O2.